The minimum Gasteiger partial charge on any atom is -0.370 e. The lowest BCUT2D eigenvalue weighted by Gasteiger charge is -2.31. The minimum atomic E-state index is -0.591. The lowest BCUT2D eigenvalue weighted by atomic mass is 10.0. The van der Waals surface area contributed by atoms with Crippen LogP contribution in [0.25, 0.3) is 33.3 Å². The summed E-state index contributed by atoms with van der Waals surface area (Å²) in [6, 6.07) is 11.4. The van der Waals surface area contributed by atoms with Gasteiger partial charge in [-0.05, 0) is 48.7 Å². The van der Waals surface area contributed by atoms with Crippen molar-refractivity contribution in [2.45, 2.75) is 18.9 Å². The van der Waals surface area contributed by atoms with Crippen LogP contribution in [0.3, 0.4) is 0 Å². The number of H-pyrrole nitrogens is 1. The lowest BCUT2D eigenvalue weighted by molar-refractivity contribution is 0.501. The summed E-state index contributed by atoms with van der Waals surface area (Å²) in [5.74, 6) is -1.18. The van der Waals surface area contributed by atoms with Crippen LogP contribution in [0.1, 0.15) is 12.8 Å². The molecule has 3 N–H and O–H groups in total. The van der Waals surface area contributed by atoms with Crippen molar-refractivity contribution in [1.82, 2.24) is 15.2 Å². The second-order valence-corrected chi connectivity index (χ2v) is 7.69. The van der Waals surface area contributed by atoms with Crippen molar-refractivity contribution < 1.29 is 8.78 Å². The average Bonchev–Trinajstić information content (AvgIpc) is 3.18. The molecular formula is C23H21F2N5. The van der Waals surface area contributed by atoms with E-state index in [2.05, 4.69) is 26.1 Å². The second-order valence-electron chi connectivity index (χ2n) is 7.69. The Morgan fingerprint density at radius 3 is 2.50 bits per heavy atom. The first-order chi connectivity index (χ1) is 14.6. The van der Waals surface area contributed by atoms with E-state index in [1.165, 1.54) is 18.2 Å². The van der Waals surface area contributed by atoms with Gasteiger partial charge in [0, 0.05) is 36.3 Å². The number of piperidine rings is 1. The molecule has 1 fully saturated rings. The van der Waals surface area contributed by atoms with Crippen LogP contribution >= 0.6 is 0 Å². The highest BCUT2D eigenvalue weighted by molar-refractivity contribution is 5.96. The van der Waals surface area contributed by atoms with E-state index < -0.39 is 11.6 Å². The number of nitrogens with zero attached hydrogens (tertiary/aromatic N) is 3. The van der Waals surface area contributed by atoms with Crippen molar-refractivity contribution >= 4 is 16.6 Å². The number of nitrogens with two attached hydrogens (primary N) is 1. The van der Waals surface area contributed by atoms with E-state index in [4.69, 9.17) is 5.73 Å². The topological polar surface area (TPSA) is 70.8 Å². The third-order valence-electron chi connectivity index (χ3n) is 5.72. The fraction of sp³-hybridized carbons (Fsp3) is 0.217. The SMILES string of the molecule is NC1CCN(c2cncc(-c3n[nH]c4ccc(-c5c(F)cccc5F)cc34)c2)CC1. The van der Waals surface area contributed by atoms with Crippen LogP contribution in [0.2, 0.25) is 0 Å². The van der Waals surface area contributed by atoms with Crippen LogP contribution < -0.4 is 10.6 Å². The van der Waals surface area contributed by atoms with Crippen LogP contribution in [0.15, 0.2) is 54.9 Å². The van der Waals surface area contributed by atoms with Crippen molar-refractivity contribution in [3.8, 4) is 22.4 Å². The zero-order chi connectivity index (χ0) is 20.7. The van der Waals surface area contributed by atoms with E-state index >= 15 is 0 Å². The zero-order valence-electron chi connectivity index (χ0n) is 16.3. The molecular weight excluding hydrogens is 384 g/mol. The molecule has 0 radical (unpaired) electrons. The van der Waals surface area contributed by atoms with E-state index in [1.54, 1.807) is 24.4 Å². The summed E-state index contributed by atoms with van der Waals surface area (Å²) >= 11 is 0. The van der Waals surface area contributed by atoms with Crippen molar-refractivity contribution in [3.05, 3.63) is 66.5 Å². The van der Waals surface area contributed by atoms with Crippen LogP contribution in [0.5, 0.6) is 0 Å². The van der Waals surface area contributed by atoms with Gasteiger partial charge >= 0.3 is 0 Å². The first-order valence-electron chi connectivity index (χ1n) is 9.98. The zero-order valence-corrected chi connectivity index (χ0v) is 16.3. The second kappa shape index (κ2) is 7.50. The number of hydrogen-bond donors (Lipinski definition) is 2. The standard InChI is InChI=1S/C23H21F2N5/c24-19-2-1-3-20(25)22(19)14-4-5-21-18(11-14)23(29-28-21)15-10-17(13-27-12-15)30-8-6-16(26)7-9-30/h1-5,10-13,16H,6-9,26H2,(H,28,29). The van der Waals surface area contributed by atoms with Crippen LogP contribution in [-0.2, 0) is 0 Å². The summed E-state index contributed by atoms with van der Waals surface area (Å²) in [5, 5.41) is 8.24. The molecule has 0 bridgehead atoms. The molecule has 30 heavy (non-hydrogen) atoms. The predicted octanol–water partition coefficient (Wildman–Crippen LogP) is 4.50. The number of fused-ring (bicyclic) bond motifs is 1. The maximum atomic E-state index is 14.3. The predicted molar refractivity (Wildman–Crippen MR) is 114 cm³/mol. The number of pyridine rings is 1. The Morgan fingerprint density at radius 1 is 0.967 bits per heavy atom. The van der Waals surface area contributed by atoms with Gasteiger partial charge in [-0.3, -0.25) is 10.1 Å². The number of halogens is 2. The van der Waals surface area contributed by atoms with E-state index in [0.717, 1.165) is 48.1 Å². The third-order valence-corrected chi connectivity index (χ3v) is 5.72. The molecule has 0 aliphatic carbocycles. The number of rotatable bonds is 3. The molecule has 2 aromatic heterocycles. The molecule has 7 heteroatoms. The third kappa shape index (κ3) is 3.31. The Morgan fingerprint density at radius 2 is 1.73 bits per heavy atom. The molecule has 5 nitrogen and oxygen atoms in total. The van der Waals surface area contributed by atoms with Crippen molar-refractivity contribution in [1.29, 1.82) is 0 Å². The Hall–Kier alpha value is -3.32. The number of benzene rings is 2. The maximum absolute atomic E-state index is 14.3. The maximum Gasteiger partial charge on any atom is 0.133 e. The molecule has 2 aromatic carbocycles. The summed E-state index contributed by atoms with van der Waals surface area (Å²) in [6.07, 6.45) is 5.50. The van der Waals surface area contributed by atoms with Crippen molar-refractivity contribution in [2.75, 3.05) is 18.0 Å². The van der Waals surface area contributed by atoms with E-state index in [1.807, 2.05) is 6.20 Å². The summed E-state index contributed by atoms with van der Waals surface area (Å²) in [4.78, 5) is 6.68. The van der Waals surface area contributed by atoms with Crippen LogP contribution in [-0.4, -0.2) is 34.3 Å². The minimum absolute atomic E-state index is 0.0388. The van der Waals surface area contributed by atoms with Crippen molar-refractivity contribution in [2.24, 2.45) is 5.73 Å². The highest BCUT2D eigenvalue weighted by Crippen LogP contribution is 2.33. The molecule has 1 aliphatic heterocycles. The largest absolute Gasteiger partial charge is 0.370 e. The first-order valence-corrected chi connectivity index (χ1v) is 9.98. The van der Waals surface area contributed by atoms with Gasteiger partial charge in [-0.1, -0.05) is 12.1 Å². The molecule has 0 unspecified atom stereocenters. The first kappa shape index (κ1) is 18.7. The van der Waals surface area contributed by atoms with Gasteiger partial charge in [-0.2, -0.15) is 5.10 Å². The van der Waals surface area contributed by atoms with Crippen molar-refractivity contribution in [3.63, 3.8) is 0 Å². The van der Waals surface area contributed by atoms with Gasteiger partial charge in [0.15, 0.2) is 0 Å². The average molecular weight is 405 g/mol. The highest BCUT2D eigenvalue weighted by atomic mass is 19.1. The molecule has 3 heterocycles. The van der Waals surface area contributed by atoms with Crippen LogP contribution in [0, 0.1) is 11.6 Å². The molecule has 5 rings (SSSR count). The number of hydrogen-bond acceptors (Lipinski definition) is 4. The quantitative estimate of drug-likeness (QED) is 0.527. The van der Waals surface area contributed by atoms with E-state index in [0.29, 0.717) is 11.3 Å². The molecule has 4 aromatic rings. The number of nitrogens with one attached hydrogen (secondary N) is 1. The molecule has 0 amide bonds. The highest BCUT2D eigenvalue weighted by Gasteiger charge is 2.19. The summed E-state index contributed by atoms with van der Waals surface area (Å²) < 4.78 is 28.6. The number of aromatic amines is 1. The lowest BCUT2D eigenvalue weighted by Crippen LogP contribution is -2.39. The Kier molecular flexibility index (Phi) is 4.67. The van der Waals surface area contributed by atoms with Gasteiger partial charge in [-0.15, -0.1) is 0 Å². The number of anilines is 1. The molecule has 0 spiro atoms. The smallest absolute Gasteiger partial charge is 0.133 e. The van der Waals surface area contributed by atoms with Gasteiger partial charge < -0.3 is 10.6 Å². The fourth-order valence-corrected chi connectivity index (χ4v) is 4.05. The molecule has 0 saturated carbocycles. The van der Waals surface area contributed by atoms with Crippen LogP contribution in [0.4, 0.5) is 14.5 Å². The van der Waals surface area contributed by atoms with Gasteiger partial charge in [-0.25, -0.2) is 8.78 Å². The summed E-state index contributed by atoms with van der Waals surface area (Å²) in [7, 11) is 0. The molecule has 1 aliphatic rings. The van der Waals surface area contributed by atoms with Gasteiger partial charge in [0.25, 0.3) is 0 Å². The van der Waals surface area contributed by atoms with E-state index in [9.17, 15) is 8.78 Å². The normalized spacial score (nSPS) is 15.1. The Bertz CT molecular complexity index is 1190. The summed E-state index contributed by atoms with van der Waals surface area (Å²) in [5.41, 5.74) is 9.81. The molecule has 152 valence electrons. The van der Waals surface area contributed by atoms with E-state index in [-0.39, 0.29) is 11.6 Å². The fourth-order valence-electron chi connectivity index (χ4n) is 4.05. The van der Waals surface area contributed by atoms with Gasteiger partial charge in [0.2, 0.25) is 0 Å². The van der Waals surface area contributed by atoms with Gasteiger partial charge in [0.05, 0.1) is 23.0 Å². The Balaban J connectivity index is 1.56. The monoisotopic (exact) mass is 405 g/mol. The van der Waals surface area contributed by atoms with Gasteiger partial charge in [0.1, 0.15) is 17.3 Å². The molecule has 0 atom stereocenters. The number of aromatic nitrogens is 3. The summed E-state index contributed by atoms with van der Waals surface area (Å²) in [6.45, 7) is 1.79. The Labute approximate surface area is 172 Å². The molecule has 1 saturated heterocycles.